The molecule has 1 heterocycles. The minimum Gasteiger partial charge on any atom is -0.394 e. The fraction of sp³-hybridized carbons (Fsp3) is 0.957. The van der Waals surface area contributed by atoms with E-state index in [4.69, 9.17) is 9.47 Å². The Morgan fingerprint density at radius 1 is 0.425 bits per heavy atom. The summed E-state index contributed by atoms with van der Waals surface area (Å²) in [4.78, 5) is 13.2. The molecule has 0 saturated carbocycles. The molecular weight excluding hydrogens is 1000 g/mol. The topological polar surface area (TPSA) is 189 Å². The third-order valence-electron chi connectivity index (χ3n) is 17.3. The van der Waals surface area contributed by atoms with Gasteiger partial charge in [0, 0.05) is 0 Å². The molecule has 11 heteroatoms. The van der Waals surface area contributed by atoms with Crippen molar-refractivity contribution in [3.8, 4) is 0 Å². The summed E-state index contributed by atoms with van der Waals surface area (Å²) in [7, 11) is 0. The molecule has 9 atom stereocenters. The first kappa shape index (κ1) is 76.9. The number of carbonyl (C=O) groups excluding carboxylic acids is 1. The number of unbranched alkanes of at least 4 members (excludes halogenated alkanes) is 48. The minimum atomic E-state index is -1.67. The Bertz CT molecular complexity index is 1310. The Morgan fingerprint density at radius 2 is 0.738 bits per heavy atom. The normalized spacial score (nSPS) is 19.2. The summed E-state index contributed by atoms with van der Waals surface area (Å²) < 4.78 is 11.2. The molecule has 0 aromatic rings. The van der Waals surface area contributed by atoms with Gasteiger partial charge < -0.3 is 50.5 Å². The maximum atomic E-state index is 13.2. The van der Waals surface area contributed by atoms with E-state index in [0.29, 0.717) is 12.8 Å². The summed E-state index contributed by atoms with van der Waals surface area (Å²) in [6.45, 7) is 3.51. The van der Waals surface area contributed by atoms with Gasteiger partial charge in [-0.3, -0.25) is 4.79 Å². The van der Waals surface area contributed by atoms with Crippen LogP contribution in [0, 0.1) is 0 Å². The molecule has 1 fully saturated rings. The van der Waals surface area contributed by atoms with Gasteiger partial charge in [0.2, 0.25) is 5.91 Å². The first-order valence-electron chi connectivity index (χ1n) is 35.1. The van der Waals surface area contributed by atoms with Crippen LogP contribution in [0.1, 0.15) is 354 Å². The van der Waals surface area contributed by atoms with Crippen LogP contribution < -0.4 is 5.32 Å². The number of hydrogen-bond donors (Lipinski definition) is 8. The molecule has 0 aromatic carbocycles. The molecule has 1 aliphatic heterocycles. The van der Waals surface area contributed by atoms with Crippen LogP contribution in [-0.4, -0.2) is 110 Å². The molecule has 0 aliphatic carbocycles. The molecule has 1 rings (SSSR count). The lowest BCUT2D eigenvalue weighted by Crippen LogP contribution is -2.60. The molecule has 1 aliphatic rings. The Hall–Kier alpha value is -1.15. The van der Waals surface area contributed by atoms with Crippen LogP contribution in [-0.2, 0) is 14.3 Å². The number of rotatable bonds is 62. The maximum Gasteiger partial charge on any atom is 0.249 e. The summed E-state index contributed by atoms with van der Waals surface area (Å²) in [5.74, 6) is -0.698. The van der Waals surface area contributed by atoms with Gasteiger partial charge in [0.25, 0.3) is 0 Å². The zero-order chi connectivity index (χ0) is 58.2. The van der Waals surface area contributed by atoms with Gasteiger partial charge in [-0.15, -0.1) is 0 Å². The van der Waals surface area contributed by atoms with E-state index in [1.807, 2.05) is 0 Å². The van der Waals surface area contributed by atoms with E-state index in [9.17, 15) is 40.5 Å². The summed E-state index contributed by atoms with van der Waals surface area (Å²) in [6.07, 6.45) is 60.1. The number of aliphatic hydroxyl groups excluding tert-OH is 7. The first-order valence-corrected chi connectivity index (χ1v) is 35.1. The molecule has 1 amide bonds. The van der Waals surface area contributed by atoms with Crippen LogP contribution in [0.5, 0.6) is 0 Å². The van der Waals surface area contributed by atoms with E-state index >= 15 is 0 Å². The number of amides is 1. The van der Waals surface area contributed by atoms with E-state index in [0.717, 1.165) is 38.5 Å². The zero-order valence-corrected chi connectivity index (χ0v) is 52.6. The van der Waals surface area contributed by atoms with Crippen molar-refractivity contribution in [1.82, 2.24) is 5.32 Å². The number of aliphatic hydroxyl groups is 7. The number of nitrogens with one attached hydrogen (secondary N) is 1. The highest BCUT2D eigenvalue weighted by Gasteiger charge is 2.44. The van der Waals surface area contributed by atoms with Crippen molar-refractivity contribution in [3.05, 3.63) is 12.2 Å². The zero-order valence-electron chi connectivity index (χ0n) is 52.6. The van der Waals surface area contributed by atoms with Crippen LogP contribution in [0.15, 0.2) is 12.2 Å². The molecule has 0 bridgehead atoms. The number of hydrogen-bond acceptors (Lipinski definition) is 10. The van der Waals surface area contributed by atoms with Crippen LogP contribution in [0.25, 0.3) is 0 Å². The number of allylic oxidation sites excluding steroid dienone is 2. The Kier molecular flexibility index (Phi) is 56.0. The van der Waals surface area contributed by atoms with Gasteiger partial charge in [0.1, 0.15) is 36.6 Å². The van der Waals surface area contributed by atoms with Crippen LogP contribution in [0.4, 0.5) is 0 Å². The van der Waals surface area contributed by atoms with E-state index in [2.05, 4.69) is 31.3 Å². The van der Waals surface area contributed by atoms with Gasteiger partial charge in [-0.1, -0.05) is 328 Å². The standard InChI is InChI=1S/C69H135NO10/c1-3-5-7-9-11-13-15-17-19-21-23-25-27-29-31-33-34-36-38-40-42-44-46-48-50-52-54-56-61(72)64(74)60(59-79-69-67(77)66(76)65(75)63(58-71)80-69)70-68(78)62(73)57-55-53-51-49-47-45-43-41-39-37-35-32-30-28-26-24-22-20-18-16-14-12-10-8-6-4-2/h48,50,60-67,69,71-77H,3-47,49,51-59H2,1-2H3,(H,70,78)/b50-48+. The molecule has 80 heavy (non-hydrogen) atoms. The molecule has 0 spiro atoms. The molecule has 476 valence electrons. The monoisotopic (exact) mass is 1140 g/mol. The predicted octanol–water partition coefficient (Wildman–Crippen LogP) is 16.6. The highest BCUT2D eigenvalue weighted by molar-refractivity contribution is 5.80. The quantitative estimate of drug-likeness (QED) is 0.0215. The molecule has 1 saturated heterocycles. The lowest BCUT2D eigenvalue weighted by atomic mass is 9.98. The Labute approximate surface area is 493 Å². The lowest BCUT2D eigenvalue weighted by molar-refractivity contribution is -0.303. The summed E-state index contributed by atoms with van der Waals surface area (Å²) in [6, 6.07) is -1.18. The third-order valence-corrected chi connectivity index (χ3v) is 17.3. The van der Waals surface area contributed by atoms with Crippen LogP contribution in [0.2, 0.25) is 0 Å². The first-order chi connectivity index (χ1) is 39.2. The van der Waals surface area contributed by atoms with E-state index in [-0.39, 0.29) is 12.8 Å². The number of ether oxygens (including phenoxy) is 2. The average molecular weight is 1140 g/mol. The maximum absolute atomic E-state index is 13.2. The van der Waals surface area contributed by atoms with Crippen molar-refractivity contribution in [1.29, 1.82) is 0 Å². The SMILES string of the molecule is CCCCCCCCCCCCCCCCCCCCCCCC/C=C/CCCC(O)C(O)C(COC1OC(CO)C(O)C(O)C1O)NC(=O)C(O)CCCCCCCCCCCCCCCCCCCCCCCCCCCC. The van der Waals surface area contributed by atoms with Crippen molar-refractivity contribution in [2.75, 3.05) is 13.2 Å². The van der Waals surface area contributed by atoms with Gasteiger partial charge in [-0.25, -0.2) is 0 Å². The predicted molar refractivity (Wildman–Crippen MR) is 335 cm³/mol. The average Bonchev–Trinajstić information content (AvgIpc) is 3.47. The molecule has 8 N–H and O–H groups in total. The fourth-order valence-electron chi connectivity index (χ4n) is 11.7. The Balaban J connectivity index is 2.21. The van der Waals surface area contributed by atoms with Crippen LogP contribution >= 0.6 is 0 Å². The summed E-state index contributed by atoms with van der Waals surface area (Å²) in [5.41, 5.74) is 0. The van der Waals surface area contributed by atoms with Crippen molar-refractivity contribution >= 4 is 5.91 Å². The van der Waals surface area contributed by atoms with Crippen molar-refractivity contribution < 1.29 is 50.0 Å². The second-order valence-electron chi connectivity index (χ2n) is 25.0. The van der Waals surface area contributed by atoms with Crippen LogP contribution in [0.3, 0.4) is 0 Å². The Morgan fingerprint density at radius 3 is 1.07 bits per heavy atom. The second kappa shape index (κ2) is 58.2. The molecule has 0 aromatic heterocycles. The van der Waals surface area contributed by atoms with Gasteiger partial charge >= 0.3 is 0 Å². The molecule has 0 radical (unpaired) electrons. The lowest BCUT2D eigenvalue weighted by Gasteiger charge is -2.40. The largest absolute Gasteiger partial charge is 0.394 e. The highest BCUT2D eigenvalue weighted by Crippen LogP contribution is 2.24. The van der Waals surface area contributed by atoms with E-state index in [1.165, 1.54) is 276 Å². The molecule has 11 nitrogen and oxygen atoms in total. The van der Waals surface area contributed by atoms with E-state index in [1.54, 1.807) is 0 Å². The second-order valence-corrected chi connectivity index (χ2v) is 25.0. The van der Waals surface area contributed by atoms with Gasteiger partial charge in [-0.05, 0) is 38.5 Å². The highest BCUT2D eigenvalue weighted by atomic mass is 16.7. The van der Waals surface area contributed by atoms with Gasteiger partial charge in [0.05, 0.1) is 25.4 Å². The fourth-order valence-corrected chi connectivity index (χ4v) is 11.7. The third kappa shape index (κ3) is 45.2. The van der Waals surface area contributed by atoms with E-state index < -0.39 is 74.2 Å². The van der Waals surface area contributed by atoms with Crippen molar-refractivity contribution in [2.45, 2.75) is 409 Å². The van der Waals surface area contributed by atoms with Crippen molar-refractivity contribution in [3.63, 3.8) is 0 Å². The summed E-state index contributed by atoms with van der Waals surface area (Å²) >= 11 is 0. The van der Waals surface area contributed by atoms with Crippen molar-refractivity contribution in [2.24, 2.45) is 0 Å². The molecular formula is C69H135NO10. The smallest absolute Gasteiger partial charge is 0.249 e. The number of carbonyl (C=O) groups is 1. The van der Waals surface area contributed by atoms with Gasteiger partial charge in [0.15, 0.2) is 6.29 Å². The summed E-state index contributed by atoms with van der Waals surface area (Å²) in [5, 5.41) is 76.5. The minimum absolute atomic E-state index is 0.260. The van der Waals surface area contributed by atoms with Gasteiger partial charge in [-0.2, -0.15) is 0 Å². The molecule has 9 unspecified atom stereocenters.